The van der Waals surface area contributed by atoms with E-state index < -0.39 is 0 Å². The Kier molecular flexibility index (Phi) is 7.17. The molecule has 2 aliphatic rings. The van der Waals surface area contributed by atoms with Crippen molar-refractivity contribution in [1.82, 2.24) is 9.80 Å². The number of methoxy groups -OCH3 is 3. The Hall–Kier alpha value is -1.81. The van der Waals surface area contributed by atoms with Crippen molar-refractivity contribution in [2.24, 2.45) is 0 Å². The molecule has 2 saturated heterocycles. The van der Waals surface area contributed by atoms with Crippen molar-refractivity contribution in [2.45, 2.75) is 0 Å². The van der Waals surface area contributed by atoms with Crippen molar-refractivity contribution in [3.63, 3.8) is 0 Å². The van der Waals surface area contributed by atoms with Gasteiger partial charge in [-0.15, -0.1) is 0 Å². The van der Waals surface area contributed by atoms with Gasteiger partial charge in [0.2, 0.25) is 0 Å². The molecule has 1 aromatic rings. The summed E-state index contributed by atoms with van der Waals surface area (Å²) in [6.07, 6.45) is 1.79. The second-order valence-corrected chi connectivity index (χ2v) is 7.91. The van der Waals surface area contributed by atoms with Crippen LogP contribution in [-0.4, -0.2) is 80.7 Å². The fourth-order valence-corrected chi connectivity index (χ4v) is 4.37. The highest BCUT2D eigenvalue weighted by Crippen LogP contribution is 2.38. The number of carbonyl (C=O) groups excluding carboxylic acids is 1. The van der Waals surface area contributed by atoms with Crippen molar-refractivity contribution in [2.75, 3.05) is 60.7 Å². The van der Waals surface area contributed by atoms with Crippen LogP contribution in [0, 0.1) is 0 Å². The fraction of sp³-hybridized carbons (Fsp3) is 0.474. The summed E-state index contributed by atoms with van der Waals surface area (Å²) in [7, 11) is 4.71. The molecule has 0 unspecified atom stereocenters. The van der Waals surface area contributed by atoms with Gasteiger partial charge in [0.05, 0.1) is 39.4 Å². The molecule has 2 aliphatic heterocycles. The molecule has 0 spiro atoms. The van der Waals surface area contributed by atoms with E-state index in [1.54, 1.807) is 44.4 Å². The Morgan fingerprint density at radius 1 is 1.07 bits per heavy atom. The number of rotatable bonds is 7. The number of amides is 1. The molecule has 0 aliphatic carbocycles. The molecule has 1 aromatic carbocycles. The lowest BCUT2D eigenvalue weighted by atomic mass is 10.1. The van der Waals surface area contributed by atoms with Gasteiger partial charge in [-0.25, -0.2) is 0 Å². The van der Waals surface area contributed by atoms with E-state index in [4.69, 9.17) is 31.2 Å². The molecule has 2 fully saturated rings. The minimum atomic E-state index is -0.0832. The van der Waals surface area contributed by atoms with E-state index in [-0.39, 0.29) is 5.91 Å². The second-order valence-electron chi connectivity index (χ2n) is 6.24. The summed E-state index contributed by atoms with van der Waals surface area (Å²) in [5.41, 5.74) is 0.730. The van der Waals surface area contributed by atoms with Gasteiger partial charge in [-0.05, 0) is 12.1 Å². The number of hydrogen-bond acceptors (Lipinski definition) is 8. The molecule has 0 N–H and O–H groups in total. The highest BCUT2D eigenvalue weighted by atomic mass is 32.2. The molecule has 0 aromatic heterocycles. The zero-order valence-corrected chi connectivity index (χ0v) is 17.9. The molecular formula is C19H24N2O5S2. The first-order valence-electron chi connectivity index (χ1n) is 8.93. The van der Waals surface area contributed by atoms with E-state index in [1.165, 1.54) is 11.8 Å². The molecule has 2 heterocycles. The van der Waals surface area contributed by atoms with Crippen LogP contribution in [0.5, 0.6) is 17.2 Å². The van der Waals surface area contributed by atoms with Crippen LogP contribution in [0.1, 0.15) is 5.56 Å². The predicted molar refractivity (Wildman–Crippen MR) is 113 cm³/mol. The average Bonchev–Trinajstić information content (AvgIpc) is 2.99. The number of benzene rings is 1. The number of hydrogen-bond donors (Lipinski definition) is 0. The molecule has 0 radical (unpaired) electrons. The first-order valence-corrected chi connectivity index (χ1v) is 10.1. The lowest BCUT2D eigenvalue weighted by molar-refractivity contribution is -0.122. The van der Waals surface area contributed by atoms with E-state index in [0.717, 1.165) is 38.4 Å². The number of thioether (sulfide) groups is 1. The summed E-state index contributed by atoms with van der Waals surface area (Å²) in [4.78, 5) is 17.4. The van der Waals surface area contributed by atoms with Gasteiger partial charge in [0.25, 0.3) is 5.91 Å². The average molecular weight is 425 g/mol. The van der Waals surface area contributed by atoms with Crippen molar-refractivity contribution in [3.05, 3.63) is 22.6 Å². The van der Waals surface area contributed by atoms with Crippen LogP contribution in [-0.2, 0) is 9.53 Å². The summed E-state index contributed by atoms with van der Waals surface area (Å²) < 4.78 is 22.1. The van der Waals surface area contributed by atoms with E-state index in [2.05, 4.69) is 4.90 Å². The third kappa shape index (κ3) is 4.60. The lowest BCUT2D eigenvalue weighted by Gasteiger charge is -2.28. The molecule has 0 atom stereocenters. The Bertz CT molecular complexity index is 778. The van der Waals surface area contributed by atoms with Gasteiger partial charge < -0.3 is 18.9 Å². The molecular weight excluding hydrogens is 400 g/mol. The van der Waals surface area contributed by atoms with E-state index in [0.29, 0.717) is 33.0 Å². The number of thiocarbonyl (C=S) groups is 1. The van der Waals surface area contributed by atoms with Crippen molar-refractivity contribution >= 4 is 40.3 Å². The maximum Gasteiger partial charge on any atom is 0.266 e. The summed E-state index contributed by atoms with van der Waals surface area (Å²) in [6, 6.07) is 3.53. The Morgan fingerprint density at radius 2 is 1.71 bits per heavy atom. The van der Waals surface area contributed by atoms with Crippen LogP contribution in [0.3, 0.4) is 0 Å². The van der Waals surface area contributed by atoms with Gasteiger partial charge in [-0.3, -0.25) is 14.6 Å². The quantitative estimate of drug-likeness (QED) is 0.488. The number of carbonyl (C=O) groups is 1. The van der Waals surface area contributed by atoms with Crippen molar-refractivity contribution in [1.29, 1.82) is 0 Å². The maximum absolute atomic E-state index is 12.9. The van der Waals surface area contributed by atoms with Gasteiger partial charge >= 0.3 is 0 Å². The number of nitrogens with zero attached hydrogens (tertiary/aromatic N) is 2. The smallest absolute Gasteiger partial charge is 0.266 e. The van der Waals surface area contributed by atoms with Gasteiger partial charge in [0.15, 0.2) is 11.5 Å². The summed E-state index contributed by atoms with van der Waals surface area (Å²) in [5.74, 6) is 1.64. The molecule has 0 bridgehead atoms. The molecule has 28 heavy (non-hydrogen) atoms. The highest BCUT2D eigenvalue weighted by Gasteiger charge is 2.32. The number of morpholine rings is 1. The van der Waals surface area contributed by atoms with Crippen LogP contribution >= 0.6 is 24.0 Å². The van der Waals surface area contributed by atoms with Crippen LogP contribution in [0.15, 0.2) is 17.0 Å². The molecule has 152 valence electrons. The van der Waals surface area contributed by atoms with E-state index in [9.17, 15) is 4.79 Å². The zero-order valence-electron chi connectivity index (χ0n) is 16.2. The fourth-order valence-electron chi connectivity index (χ4n) is 3.07. The summed E-state index contributed by atoms with van der Waals surface area (Å²) >= 11 is 6.74. The monoisotopic (exact) mass is 424 g/mol. The first kappa shape index (κ1) is 20.9. The largest absolute Gasteiger partial charge is 0.496 e. The molecule has 3 rings (SSSR count). The van der Waals surface area contributed by atoms with Crippen LogP contribution < -0.4 is 14.2 Å². The molecule has 7 nitrogen and oxygen atoms in total. The third-order valence-corrected chi connectivity index (χ3v) is 6.02. The second kappa shape index (κ2) is 9.60. The van der Waals surface area contributed by atoms with Gasteiger partial charge in [-0.2, -0.15) is 0 Å². The van der Waals surface area contributed by atoms with Gasteiger partial charge in [0, 0.05) is 37.8 Å². The van der Waals surface area contributed by atoms with Crippen LogP contribution in [0.2, 0.25) is 0 Å². The third-order valence-electron chi connectivity index (χ3n) is 4.64. The summed E-state index contributed by atoms with van der Waals surface area (Å²) in [5, 5.41) is 0. The molecule has 1 amide bonds. The zero-order chi connectivity index (χ0) is 20.1. The van der Waals surface area contributed by atoms with Gasteiger partial charge in [-0.1, -0.05) is 24.0 Å². The molecule has 9 heteroatoms. The standard InChI is InChI=1S/C19H24N2O5S2/c1-23-14-12-16(25-3)15(24-2)10-13(14)11-17-18(22)21(19(27)28-17)5-4-20-6-8-26-9-7-20/h10-12H,4-9H2,1-3H3/b17-11+. The Morgan fingerprint density at radius 3 is 2.36 bits per heavy atom. The summed E-state index contributed by atoms with van der Waals surface area (Å²) in [6.45, 7) is 4.59. The van der Waals surface area contributed by atoms with Crippen molar-refractivity contribution < 1.29 is 23.7 Å². The van der Waals surface area contributed by atoms with Crippen LogP contribution in [0.25, 0.3) is 6.08 Å². The SMILES string of the molecule is COc1cc(OC)c(OC)cc1/C=C1/SC(=S)N(CCN2CCOCC2)C1=O. The van der Waals surface area contributed by atoms with Gasteiger partial charge in [0.1, 0.15) is 10.1 Å². The first-order chi connectivity index (χ1) is 13.6. The highest BCUT2D eigenvalue weighted by molar-refractivity contribution is 8.26. The maximum atomic E-state index is 12.9. The normalized spacial score (nSPS) is 19.4. The predicted octanol–water partition coefficient (Wildman–Crippen LogP) is 2.25. The Labute approximate surface area is 174 Å². The number of ether oxygens (including phenoxy) is 4. The van der Waals surface area contributed by atoms with Crippen LogP contribution in [0.4, 0.5) is 0 Å². The minimum Gasteiger partial charge on any atom is -0.496 e. The van der Waals surface area contributed by atoms with E-state index in [1.807, 2.05) is 0 Å². The van der Waals surface area contributed by atoms with E-state index >= 15 is 0 Å². The lowest BCUT2D eigenvalue weighted by Crippen LogP contribution is -2.42. The Balaban J connectivity index is 1.77. The topological polar surface area (TPSA) is 60.5 Å². The molecule has 0 saturated carbocycles. The van der Waals surface area contributed by atoms with Crippen molar-refractivity contribution in [3.8, 4) is 17.2 Å². The minimum absolute atomic E-state index is 0.0832.